The fourth-order valence-corrected chi connectivity index (χ4v) is 4.13. The minimum Gasteiger partial charge on any atom is -0.428 e. The Morgan fingerprint density at radius 3 is 2.96 bits per heavy atom. The summed E-state index contributed by atoms with van der Waals surface area (Å²) in [5.41, 5.74) is 0. The third-order valence-corrected chi connectivity index (χ3v) is 5.51. The van der Waals surface area contributed by atoms with Crippen LogP contribution in [0.1, 0.15) is 28.9 Å². The molecule has 5 nitrogen and oxygen atoms in total. The molecule has 2 fully saturated rings. The number of hydrogen-bond acceptors (Lipinski definition) is 5. The number of nitrogens with one attached hydrogen (secondary N) is 2. The smallest absolute Gasteiger partial charge is 0.261 e. The first-order valence-electron chi connectivity index (χ1n) is 7.63. The van der Waals surface area contributed by atoms with Crippen molar-refractivity contribution in [2.45, 2.75) is 37.4 Å². The predicted octanol–water partition coefficient (Wildman–Crippen LogP) is 3.21. The molecule has 2 aliphatic heterocycles. The molecule has 23 heavy (non-hydrogen) atoms. The summed E-state index contributed by atoms with van der Waals surface area (Å²) < 4.78 is 5.64. The Hall–Kier alpha value is -1.63. The van der Waals surface area contributed by atoms with E-state index in [9.17, 15) is 4.79 Å². The van der Waals surface area contributed by atoms with Crippen molar-refractivity contribution in [1.29, 1.82) is 0 Å². The van der Waals surface area contributed by atoms with Gasteiger partial charge in [-0.2, -0.15) is 0 Å². The number of carbonyl (C=O) groups excluding carboxylic acids is 1. The minimum atomic E-state index is -0.0340. The third kappa shape index (κ3) is 3.20. The molecule has 2 aromatic rings. The molecule has 2 aliphatic rings. The first-order valence-corrected chi connectivity index (χ1v) is 8.83. The largest absolute Gasteiger partial charge is 0.428 e. The average molecular weight is 350 g/mol. The quantitative estimate of drug-likeness (QED) is 0.889. The summed E-state index contributed by atoms with van der Waals surface area (Å²) in [5, 5.41) is 7.85. The summed E-state index contributed by atoms with van der Waals surface area (Å²) in [6.07, 6.45) is 4.93. The van der Waals surface area contributed by atoms with E-state index in [0.717, 1.165) is 12.8 Å². The number of nitrogens with zero attached hydrogens (tertiary/aromatic N) is 1. The fraction of sp³-hybridized carbons (Fsp3) is 0.375. The normalized spacial score (nSPS) is 25.5. The number of hydrogen-bond donors (Lipinski definition) is 2. The number of halogens is 1. The van der Waals surface area contributed by atoms with Crippen LogP contribution >= 0.6 is 22.9 Å². The van der Waals surface area contributed by atoms with Gasteiger partial charge in [0.15, 0.2) is 5.06 Å². The van der Waals surface area contributed by atoms with Crippen molar-refractivity contribution in [2.24, 2.45) is 0 Å². The maximum Gasteiger partial charge on any atom is 0.261 e. The summed E-state index contributed by atoms with van der Waals surface area (Å²) in [6, 6.07) is 8.23. The Kier molecular flexibility index (Phi) is 3.97. The van der Waals surface area contributed by atoms with Crippen molar-refractivity contribution in [3.8, 4) is 10.9 Å². The van der Waals surface area contributed by atoms with E-state index < -0.39 is 0 Å². The zero-order valence-corrected chi connectivity index (χ0v) is 13.9. The lowest BCUT2D eigenvalue weighted by Gasteiger charge is -2.20. The van der Waals surface area contributed by atoms with Crippen molar-refractivity contribution in [3.05, 3.63) is 40.4 Å². The number of ether oxygens (including phenoxy) is 1. The minimum absolute atomic E-state index is 0.0340. The second-order valence-corrected chi connectivity index (χ2v) is 7.38. The van der Waals surface area contributed by atoms with Gasteiger partial charge in [-0.15, -0.1) is 0 Å². The lowest BCUT2D eigenvalue weighted by atomic mass is 9.95. The molecule has 7 heteroatoms. The molecule has 3 atom stereocenters. The number of aromatic nitrogens is 1. The van der Waals surface area contributed by atoms with Gasteiger partial charge in [-0.05, 0) is 37.5 Å². The number of carbonyl (C=O) groups is 1. The second-order valence-electron chi connectivity index (χ2n) is 5.90. The Balaban J connectivity index is 1.39. The zero-order valence-electron chi connectivity index (χ0n) is 12.3. The molecular formula is C16H16ClN3O2S. The Morgan fingerprint density at radius 2 is 2.26 bits per heavy atom. The van der Waals surface area contributed by atoms with E-state index in [-0.39, 0.29) is 11.9 Å². The maximum absolute atomic E-state index is 12.4. The van der Waals surface area contributed by atoms with Crippen LogP contribution in [0.5, 0.6) is 10.9 Å². The molecule has 0 saturated carbocycles. The van der Waals surface area contributed by atoms with Crippen LogP contribution in [0.3, 0.4) is 0 Å². The molecule has 120 valence electrons. The van der Waals surface area contributed by atoms with Gasteiger partial charge in [-0.1, -0.05) is 22.9 Å². The van der Waals surface area contributed by atoms with Gasteiger partial charge < -0.3 is 15.4 Å². The Morgan fingerprint density at radius 1 is 1.35 bits per heavy atom. The van der Waals surface area contributed by atoms with Gasteiger partial charge in [0.25, 0.3) is 5.91 Å². The highest BCUT2D eigenvalue weighted by atomic mass is 35.5. The van der Waals surface area contributed by atoms with Crippen molar-refractivity contribution in [2.75, 3.05) is 0 Å². The lowest BCUT2D eigenvalue weighted by molar-refractivity contribution is 0.0935. The molecule has 2 saturated heterocycles. The second kappa shape index (κ2) is 6.11. The molecule has 2 bridgehead atoms. The van der Waals surface area contributed by atoms with Gasteiger partial charge in [0, 0.05) is 30.4 Å². The van der Waals surface area contributed by atoms with Crippen LogP contribution < -0.4 is 15.4 Å². The molecule has 0 radical (unpaired) electrons. The highest BCUT2D eigenvalue weighted by Crippen LogP contribution is 2.31. The third-order valence-electron chi connectivity index (χ3n) is 4.33. The van der Waals surface area contributed by atoms with Gasteiger partial charge in [0.1, 0.15) is 0 Å². The molecule has 0 aromatic carbocycles. The molecule has 2 N–H and O–H groups in total. The molecule has 4 rings (SSSR count). The van der Waals surface area contributed by atoms with Crippen LogP contribution in [0.25, 0.3) is 0 Å². The van der Waals surface area contributed by atoms with E-state index in [0.29, 0.717) is 32.9 Å². The molecule has 0 aliphatic carbocycles. The molecule has 4 heterocycles. The predicted molar refractivity (Wildman–Crippen MR) is 89.5 cm³/mol. The van der Waals surface area contributed by atoms with Crippen LogP contribution in [-0.2, 0) is 0 Å². The first kappa shape index (κ1) is 14.9. The van der Waals surface area contributed by atoms with Gasteiger partial charge in [-0.3, -0.25) is 4.79 Å². The van der Waals surface area contributed by atoms with E-state index in [1.165, 1.54) is 24.0 Å². The molecule has 2 aromatic heterocycles. The van der Waals surface area contributed by atoms with Crippen molar-refractivity contribution in [3.63, 3.8) is 0 Å². The molecule has 1 amide bonds. The van der Waals surface area contributed by atoms with Crippen molar-refractivity contribution < 1.29 is 9.53 Å². The lowest BCUT2D eigenvalue weighted by Crippen LogP contribution is -2.42. The summed E-state index contributed by atoms with van der Waals surface area (Å²) >= 11 is 7.11. The van der Waals surface area contributed by atoms with Gasteiger partial charge in [-0.25, -0.2) is 4.98 Å². The highest BCUT2D eigenvalue weighted by Gasteiger charge is 2.39. The zero-order chi connectivity index (χ0) is 15.8. The summed E-state index contributed by atoms with van der Waals surface area (Å²) in [4.78, 5) is 17.1. The van der Waals surface area contributed by atoms with Crippen LogP contribution in [0, 0.1) is 0 Å². The number of rotatable bonds is 4. The van der Waals surface area contributed by atoms with Crippen LogP contribution in [0.4, 0.5) is 0 Å². The number of pyridine rings is 1. The molecule has 0 spiro atoms. The molecular weight excluding hydrogens is 334 g/mol. The van der Waals surface area contributed by atoms with E-state index in [4.69, 9.17) is 16.3 Å². The topological polar surface area (TPSA) is 63.2 Å². The van der Waals surface area contributed by atoms with Crippen molar-refractivity contribution >= 4 is 28.8 Å². The van der Waals surface area contributed by atoms with Gasteiger partial charge >= 0.3 is 0 Å². The van der Waals surface area contributed by atoms with E-state index in [1.54, 1.807) is 24.3 Å². The molecule has 3 unspecified atom stereocenters. The highest BCUT2D eigenvalue weighted by molar-refractivity contribution is 7.15. The number of fused-ring (bicyclic) bond motifs is 2. The summed E-state index contributed by atoms with van der Waals surface area (Å²) in [5.74, 6) is 0.425. The Bertz CT molecular complexity index is 718. The van der Waals surface area contributed by atoms with E-state index in [1.807, 2.05) is 0 Å². The van der Waals surface area contributed by atoms with Crippen LogP contribution in [0.15, 0.2) is 30.5 Å². The first-order chi connectivity index (χ1) is 11.2. The SMILES string of the molecule is O=C(NC1CC2CCC1N2)c1ccc(Oc2ccc(Cl)cn2)s1. The monoisotopic (exact) mass is 349 g/mol. The maximum atomic E-state index is 12.4. The fourth-order valence-electron chi connectivity index (χ4n) is 3.25. The standard InChI is InChI=1S/C16H16ClN3O2S/c17-9-1-5-14(18-8-9)22-15-6-4-13(23-15)16(21)20-12-7-10-2-3-11(12)19-10/h1,4-6,8,10-12,19H,2-3,7H2,(H,20,21). The van der Waals surface area contributed by atoms with E-state index in [2.05, 4.69) is 15.6 Å². The average Bonchev–Trinajstić information content (AvgIpc) is 3.26. The van der Waals surface area contributed by atoms with Crippen LogP contribution in [-0.4, -0.2) is 29.0 Å². The van der Waals surface area contributed by atoms with E-state index >= 15 is 0 Å². The number of thiophene rings is 1. The summed E-state index contributed by atoms with van der Waals surface area (Å²) in [7, 11) is 0. The van der Waals surface area contributed by atoms with Gasteiger partial charge in [0.05, 0.1) is 9.90 Å². The number of amides is 1. The van der Waals surface area contributed by atoms with Crippen molar-refractivity contribution in [1.82, 2.24) is 15.6 Å². The Labute approximate surface area is 143 Å². The van der Waals surface area contributed by atoms with Crippen LogP contribution in [0.2, 0.25) is 5.02 Å². The van der Waals surface area contributed by atoms with Gasteiger partial charge in [0.2, 0.25) is 5.88 Å². The summed E-state index contributed by atoms with van der Waals surface area (Å²) in [6.45, 7) is 0.